The van der Waals surface area contributed by atoms with Gasteiger partial charge in [-0.15, -0.1) is 13.2 Å². The fourth-order valence-corrected chi connectivity index (χ4v) is 2.21. The van der Waals surface area contributed by atoms with Gasteiger partial charge in [0.2, 0.25) is 0 Å². The van der Waals surface area contributed by atoms with Crippen LogP contribution >= 0.6 is 0 Å². The molecule has 0 spiro atoms. The summed E-state index contributed by atoms with van der Waals surface area (Å²) in [6, 6.07) is 0.170. The van der Waals surface area contributed by atoms with Crippen LogP contribution in [0.25, 0.3) is 0 Å². The Kier molecular flexibility index (Phi) is 5.32. The Morgan fingerprint density at radius 2 is 2.00 bits per heavy atom. The highest BCUT2D eigenvalue weighted by Crippen LogP contribution is 2.23. The van der Waals surface area contributed by atoms with Crippen molar-refractivity contribution in [3.63, 3.8) is 0 Å². The van der Waals surface area contributed by atoms with E-state index in [0.29, 0.717) is 6.42 Å². The number of carbonyl (C=O) groups excluding carboxylic acids is 1. The lowest BCUT2D eigenvalue weighted by Crippen LogP contribution is -2.42. The topological polar surface area (TPSA) is 40.5 Å². The van der Waals surface area contributed by atoms with E-state index in [9.17, 15) is 9.90 Å². The SMILES string of the molecule is C=CCN(CC=C)[C@@H]1C=CC(O)C(C(C)=O)C1. The Bertz CT molecular complexity index is 312. The summed E-state index contributed by atoms with van der Waals surface area (Å²) >= 11 is 0. The van der Waals surface area contributed by atoms with Gasteiger partial charge in [-0.3, -0.25) is 9.69 Å². The van der Waals surface area contributed by atoms with Crippen LogP contribution in [0.3, 0.4) is 0 Å². The molecular weight excluding hydrogens is 214 g/mol. The van der Waals surface area contributed by atoms with Crippen molar-refractivity contribution in [2.75, 3.05) is 13.1 Å². The monoisotopic (exact) mass is 235 g/mol. The number of nitrogens with zero attached hydrogens (tertiary/aromatic N) is 1. The fourth-order valence-electron chi connectivity index (χ4n) is 2.21. The van der Waals surface area contributed by atoms with Crippen molar-refractivity contribution in [2.45, 2.75) is 25.5 Å². The summed E-state index contributed by atoms with van der Waals surface area (Å²) < 4.78 is 0. The maximum atomic E-state index is 11.4. The maximum absolute atomic E-state index is 11.4. The molecular formula is C14H21NO2. The molecule has 3 nitrogen and oxygen atoms in total. The van der Waals surface area contributed by atoms with Crippen molar-refractivity contribution in [1.82, 2.24) is 4.90 Å². The van der Waals surface area contributed by atoms with Crippen molar-refractivity contribution >= 4 is 5.78 Å². The lowest BCUT2D eigenvalue weighted by atomic mass is 9.85. The van der Waals surface area contributed by atoms with Crippen LogP contribution in [0.5, 0.6) is 0 Å². The predicted molar refractivity (Wildman–Crippen MR) is 69.7 cm³/mol. The first-order valence-corrected chi connectivity index (χ1v) is 5.92. The molecule has 0 radical (unpaired) electrons. The number of hydrogen-bond acceptors (Lipinski definition) is 3. The third-order valence-electron chi connectivity index (χ3n) is 3.16. The quantitative estimate of drug-likeness (QED) is 0.710. The molecule has 0 bridgehead atoms. The van der Waals surface area contributed by atoms with E-state index in [1.54, 1.807) is 6.08 Å². The van der Waals surface area contributed by atoms with Crippen LogP contribution in [0.15, 0.2) is 37.5 Å². The summed E-state index contributed by atoms with van der Waals surface area (Å²) in [5, 5.41) is 9.73. The van der Waals surface area contributed by atoms with E-state index in [4.69, 9.17) is 0 Å². The van der Waals surface area contributed by atoms with Crippen molar-refractivity contribution in [1.29, 1.82) is 0 Å². The standard InChI is InChI=1S/C14H21NO2/c1-4-8-15(9-5-2)12-6-7-14(17)13(10-12)11(3)16/h4-7,12-14,17H,1-2,8-10H2,3H3/t12-,13?,14?/m1/s1. The molecule has 0 aromatic carbocycles. The molecule has 0 aromatic rings. The second-order valence-corrected chi connectivity index (χ2v) is 4.43. The molecule has 1 aliphatic carbocycles. The average Bonchev–Trinajstić information content (AvgIpc) is 2.29. The molecule has 0 saturated heterocycles. The minimum atomic E-state index is -0.641. The zero-order valence-corrected chi connectivity index (χ0v) is 10.4. The molecule has 3 heteroatoms. The predicted octanol–water partition coefficient (Wildman–Crippen LogP) is 1.55. The molecule has 2 unspecified atom stereocenters. The third kappa shape index (κ3) is 3.65. The molecule has 3 atom stereocenters. The van der Waals surface area contributed by atoms with Gasteiger partial charge in [-0.2, -0.15) is 0 Å². The van der Waals surface area contributed by atoms with E-state index in [0.717, 1.165) is 13.1 Å². The summed E-state index contributed by atoms with van der Waals surface area (Å²) in [6.45, 7) is 10.5. The van der Waals surface area contributed by atoms with E-state index in [1.807, 2.05) is 18.2 Å². The second kappa shape index (κ2) is 6.52. The van der Waals surface area contributed by atoms with Gasteiger partial charge in [-0.05, 0) is 13.3 Å². The van der Waals surface area contributed by atoms with E-state index in [-0.39, 0.29) is 17.7 Å². The molecule has 17 heavy (non-hydrogen) atoms. The van der Waals surface area contributed by atoms with Gasteiger partial charge in [0.15, 0.2) is 0 Å². The Balaban J connectivity index is 2.76. The van der Waals surface area contributed by atoms with Crippen molar-refractivity contribution in [3.05, 3.63) is 37.5 Å². The molecule has 0 heterocycles. The van der Waals surface area contributed by atoms with Crippen LogP contribution in [-0.2, 0) is 4.79 Å². The van der Waals surface area contributed by atoms with Crippen LogP contribution in [0.4, 0.5) is 0 Å². The van der Waals surface area contributed by atoms with Crippen LogP contribution in [0, 0.1) is 5.92 Å². The molecule has 1 N–H and O–H groups in total. The minimum absolute atomic E-state index is 0.0454. The average molecular weight is 235 g/mol. The normalized spacial score (nSPS) is 28.1. The third-order valence-corrected chi connectivity index (χ3v) is 3.16. The first-order valence-electron chi connectivity index (χ1n) is 5.92. The Morgan fingerprint density at radius 3 is 2.47 bits per heavy atom. The number of carbonyl (C=O) groups is 1. The summed E-state index contributed by atoms with van der Waals surface area (Å²) in [5.74, 6) is -0.244. The molecule has 0 amide bonds. The minimum Gasteiger partial charge on any atom is -0.388 e. The highest BCUT2D eigenvalue weighted by Gasteiger charge is 2.30. The molecule has 0 saturated carbocycles. The summed E-state index contributed by atoms with van der Waals surface area (Å²) in [4.78, 5) is 13.6. The van der Waals surface area contributed by atoms with Crippen LogP contribution < -0.4 is 0 Å². The van der Waals surface area contributed by atoms with Crippen LogP contribution in [-0.4, -0.2) is 41.0 Å². The van der Waals surface area contributed by atoms with Gasteiger partial charge in [0.25, 0.3) is 0 Å². The van der Waals surface area contributed by atoms with E-state index in [2.05, 4.69) is 18.1 Å². The van der Waals surface area contributed by atoms with E-state index >= 15 is 0 Å². The smallest absolute Gasteiger partial charge is 0.135 e. The number of hydrogen-bond donors (Lipinski definition) is 1. The largest absolute Gasteiger partial charge is 0.388 e. The molecule has 0 aromatic heterocycles. The Labute approximate surface area is 103 Å². The van der Waals surface area contributed by atoms with Gasteiger partial charge >= 0.3 is 0 Å². The zero-order valence-electron chi connectivity index (χ0n) is 10.4. The number of rotatable bonds is 6. The summed E-state index contributed by atoms with van der Waals surface area (Å²) in [7, 11) is 0. The number of ketones is 1. The highest BCUT2D eigenvalue weighted by molar-refractivity contribution is 5.79. The fraction of sp³-hybridized carbons (Fsp3) is 0.500. The van der Waals surface area contributed by atoms with Gasteiger partial charge in [-0.25, -0.2) is 0 Å². The number of aliphatic hydroxyl groups excluding tert-OH is 1. The summed E-state index contributed by atoms with van der Waals surface area (Å²) in [6.07, 6.45) is 7.39. The zero-order chi connectivity index (χ0) is 12.8. The Morgan fingerprint density at radius 1 is 1.41 bits per heavy atom. The molecule has 0 aliphatic heterocycles. The van der Waals surface area contributed by atoms with Crippen molar-refractivity contribution in [3.8, 4) is 0 Å². The molecule has 94 valence electrons. The summed E-state index contributed by atoms with van der Waals surface area (Å²) in [5.41, 5.74) is 0. The maximum Gasteiger partial charge on any atom is 0.135 e. The van der Waals surface area contributed by atoms with E-state index < -0.39 is 6.10 Å². The van der Waals surface area contributed by atoms with Crippen LogP contribution in [0.1, 0.15) is 13.3 Å². The second-order valence-electron chi connectivity index (χ2n) is 4.43. The van der Waals surface area contributed by atoms with Gasteiger partial charge in [0, 0.05) is 25.0 Å². The lowest BCUT2D eigenvalue weighted by Gasteiger charge is -2.34. The number of aliphatic hydroxyl groups is 1. The van der Waals surface area contributed by atoms with Gasteiger partial charge < -0.3 is 5.11 Å². The first kappa shape index (κ1) is 13.9. The number of Topliss-reactive ketones (excluding diaryl/α,β-unsaturated/α-hetero) is 1. The van der Waals surface area contributed by atoms with Gasteiger partial charge in [-0.1, -0.05) is 24.3 Å². The molecule has 1 rings (SSSR count). The van der Waals surface area contributed by atoms with Gasteiger partial charge in [0.1, 0.15) is 5.78 Å². The van der Waals surface area contributed by atoms with Crippen LogP contribution in [0.2, 0.25) is 0 Å². The van der Waals surface area contributed by atoms with Crippen molar-refractivity contribution < 1.29 is 9.90 Å². The van der Waals surface area contributed by atoms with Gasteiger partial charge in [0.05, 0.1) is 6.10 Å². The molecule has 1 aliphatic rings. The highest BCUT2D eigenvalue weighted by atomic mass is 16.3. The van der Waals surface area contributed by atoms with Crippen molar-refractivity contribution in [2.24, 2.45) is 5.92 Å². The molecule has 0 fully saturated rings. The van der Waals surface area contributed by atoms with E-state index in [1.165, 1.54) is 6.92 Å². The Hall–Kier alpha value is -1.19. The lowest BCUT2D eigenvalue weighted by molar-refractivity contribution is -0.124. The first-order chi connectivity index (χ1) is 8.10.